The van der Waals surface area contributed by atoms with Crippen molar-refractivity contribution < 1.29 is 22.0 Å². The van der Waals surface area contributed by atoms with Crippen LogP contribution in [0.2, 0.25) is 0 Å². The molecule has 0 fully saturated rings. The highest BCUT2D eigenvalue weighted by Crippen LogP contribution is 2.22. The normalized spacial score (nSPS) is 12.3. The lowest BCUT2D eigenvalue weighted by molar-refractivity contribution is 0.101. The van der Waals surface area contributed by atoms with Gasteiger partial charge in [-0.15, -0.1) is 4.83 Å². The van der Waals surface area contributed by atoms with Crippen molar-refractivity contribution in [1.82, 2.24) is 14.8 Å². The first-order valence-corrected chi connectivity index (χ1v) is 9.51. The second-order valence-corrected chi connectivity index (χ2v) is 8.82. The van der Waals surface area contributed by atoms with Crippen LogP contribution in [0.1, 0.15) is 36.8 Å². The fourth-order valence-corrected chi connectivity index (χ4v) is 3.25. The molecule has 27 heavy (non-hydrogen) atoms. The molecule has 0 saturated heterocycles. The smallest absolute Gasteiger partial charge is 0.272 e. The average molecular weight is 400 g/mol. The zero-order valence-corrected chi connectivity index (χ0v) is 16.5. The molecule has 0 aliphatic carbocycles. The number of sulfonamides is 1. The summed E-state index contributed by atoms with van der Waals surface area (Å²) in [6.07, 6.45) is 1.26. The van der Waals surface area contributed by atoms with Gasteiger partial charge in [-0.25, -0.2) is 22.6 Å². The van der Waals surface area contributed by atoms with Crippen LogP contribution in [0.5, 0.6) is 0 Å². The zero-order chi connectivity index (χ0) is 20.6. The number of nitrogens with one attached hydrogen (secondary N) is 3. The third-order valence-electron chi connectivity index (χ3n) is 3.65. The molecule has 0 atom stereocenters. The van der Waals surface area contributed by atoms with Gasteiger partial charge in [0.15, 0.2) is 5.82 Å². The Bertz CT molecular complexity index is 979. The molecule has 1 amide bonds. The Hall–Kier alpha value is -2.30. The van der Waals surface area contributed by atoms with Gasteiger partial charge in [0, 0.05) is 24.3 Å². The summed E-state index contributed by atoms with van der Waals surface area (Å²) in [4.78, 5) is 14.5. The van der Waals surface area contributed by atoms with Gasteiger partial charge in [-0.2, -0.15) is 0 Å². The highest BCUT2D eigenvalue weighted by atomic mass is 32.2. The van der Waals surface area contributed by atoms with Crippen molar-refractivity contribution >= 4 is 21.6 Å². The summed E-state index contributed by atoms with van der Waals surface area (Å²) >= 11 is 0. The van der Waals surface area contributed by atoms with Crippen LogP contribution in [0, 0.1) is 18.6 Å². The van der Waals surface area contributed by atoms with Crippen molar-refractivity contribution in [2.45, 2.75) is 38.1 Å². The maximum absolute atomic E-state index is 14.1. The molecule has 1 aromatic carbocycles. The quantitative estimate of drug-likeness (QED) is 0.673. The van der Waals surface area contributed by atoms with E-state index in [0.717, 1.165) is 18.2 Å². The Kier molecular flexibility index (Phi) is 5.74. The van der Waals surface area contributed by atoms with E-state index in [-0.39, 0.29) is 21.8 Å². The van der Waals surface area contributed by atoms with Crippen molar-refractivity contribution in [2.75, 3.05) is 5.32 Å². The Balaban J connectivity index is 2.26. The Morgan fingerprint density at radius 3 is 2.41 bits per heavy atom. The minimum absolute atomic E-state index is 0.00693. The lowest BCUT2D eigenvalue weighted by Gasteiger charge is -2.20. The summed E-state index contributed by atoms with van der Waals surface area (Å²) in [7, 11) is -2.42. The van der Waals surface area contributed by atoms with Crippen molar-refractivity contribution in [3.63, 3.8) is 0 Å². The maximum atomic E-state index is 14.1. The molecule has 0 aliphatic heterocycles. The number of anilines is 1. The van der Waals surface area contributed by atoms with Crippen LogP contribution in [-0.4, -0.2) is 24.4 Å². The van der Waals surface area contributed by atoms with Crippen molar-refractivity contribution in [3.8, 4) is 0 Å². The molecule has 0 saturated carbocycles. The fourth-order valence-electron chi connectivity index (χ4n) is 2.13. The van der Waals surface area contributed by atoms with Gasteiger partial charge >= 0.3 is 0 Å². The summed E-state index contributed by atoms with van der Waals surface area (Å²) in [6.45, 7) is 6.58. The van der Waals surface area contributed by atoms with Crippen molar-refractivity contribution in [1.29, 1.82) is 0 Å². The van der Waals surface area contributed by atoms with Crippen LogP contribution in [-0.2, 0) is 17.1 Å². The van der Waals surface area contributed by atoms with E-state index >= 15 is 0 Å². The average Bonchev–Trinajstić information content (AvgIpc) is 2.96. The second kappa shape index (κ2) is 7.37. The number of amides is 1. The number of aromatic nitrogens is 1. The van der Waals surface area contributed by atoms with Crippen molar-refractivity contribution in [2.24, 2.45) is 7.05 Å². The number of hydrazine groups is 1. The van der Waals surface area contributed by atoms with Gasteiger partial charge in [-0.05, 0) is 45.9 Å². The molecule has 10 heteroatoms. The van der Waals surface area contributed by atoms with Crippen LogP contribution >= 0.6 is 0 Å². The molecule has 2 aromatic rings. The largest absolute Gasteiger partial charge is 0.345 e. The van der Waals surface area contributed by atoms with E-state index in [2.05, 4.69) is 15.6 Å². The van der Waals surface area contributed by atoms with Crippen LogP contribution in [0.25, 0.3) is 0 Å². The van der Waals surface area contributed by atoms with Gasteiger partial charge in [0.05, 0.1) is 5.69 Å². The summed E-state index contributed by atoms with van der Waals surface area (Å²) in [5, 5.41) is 2.32. The molecule has 0 aliphatic rings. The lowest BCUT2D eigenvalue weighted by Crippen LogP contribution is -2.48. The molecule has 3 N–H and O–H groups in total. The monoisotopic (exact) mass is 400 g/mol. The van der Waals surface area contributed by atoms with Gasteiger partial charge in [0.1, 0.15) is 16.4 Å². The highest BCUT2D eigenvalue weighted by molar-refractivity contribution is 7.89. The Morgan fingerprint density at radius 2 is 1.81 bits per heavy atom. The highest BCUT2D eigenvalue weighted by Gasteiger charge is 2.23. The first-order valence-electron chi connectivity index (χ1n) is 8.03. The SMILES string of the molecule is Cc1c(F)ccc(NC(=O)c2cc(S(=O)(=O)NNC(C)(C)C)cn2C)c1F. The topological polar surface area (TPSA) is 92.2 Å². The van der Waals surface area contributed by atoms with E-state index in [4.69, 9.17) is 0 Å². The van der Waals surface area contributed by atoms with Crippen LogP contribution < -0.4 is 15.6 Å². The molecular weight excluding hydrogens is 378 g/mol. The second-order valence-electron chi connectivity index (χ2n) is 7.14. The molecule has 0 spiro atoms. The molecular formula is C17H22F2N4O3S. The number of carbonyl (C=O) groups is 1. The molecule has 0 radical (unpaired) electrons. The number of benzene rings is 1. The first kappa shape index (κ1) is 21.0. The molecule has 148 valence electrons. The number of hydrogen-bond acceptors (Lipinski definition) is 4. The van der Waals surface area contributed by atoms with E-state index < -0.39 is 33.1 Å². The summed E-state index contributed by atoms with van der Waals surface area (Å²) in [5.74, 6) is -2.34. The van der Waals surface area contributed by atoms with E-state index in [9.17, 15) is 22.0 Å². The number of rotatable bonds is 5. The van der Waals surface area contributed by atoms with E-state index in [0.29, 0.717) is 0 Å². The summed E-state index contributed by atoms with van der Waals surface area (Å²) in [6, 6.07) is 3.30. The van der Waals surface area contributed by atoms with Crippen molar-refractivity contribution in [3.05, 3.63) is 47.3 Å². The van der Waals surface area contributed by atoms with Crippen LogP contribution in [0.3, 0.4) is 0 Å². The number of aryl methyl sites for hydroxylation is 1. The lowest BCUT2D eigenvalue weighted by atomic mass is 10.1. The van der Waals surface area contributed by atoms with E-state index in [1.807, 2.05) is 0 Å². The zero-order valence-electron chi connectivity index (χ0n) is 15.6. The number of halogens is 2. The van der Waals surface area contributed by atoms with E-state index in [1.54, 1.807) is 20.8 Å². The minimum Gasteiger partial charge on any atom is -0.345 e. The van der Waals surface area contributed by atoms with Gasteiger partial charge < -0.3 is 9.88 Å². The van der Waals surface area contributed by atoms with Gasteiger partial charge in [0.2, 0.25) is 0 Å². The number of nitrogens with zero attached hydrogens (tertiary/aromatic N) is 1. The third kappa shape index (κ3) is 4.90. The maximum Gasteiger partial charge on any atom is 0.272 e. The summed E-state index contributed by atoms with van der Waals surface area (Å²) in [5.41, 5.74) is 1.72. The number of hydrogen-bond donors (Lipinski definition) is 3. The predicted molar refractivity (Wildman–Crippen MR) is 97.7 cm³/mol. The van der Waals surface area contributed by atoms with Gasteiger partial charge in [-0.3, -0.25) is 4.79 Å². The fraction of sp³-hybridized carbons (Fsp3) is 0.353. The number of carbonyl (C=O) groups excluding carboxylic acids is 1. The standard InChI is InChI=1S/C17H22F2N4O3S/c1-10-12(18)6-7-13(15(10)19)20-16(24)14-8-11(9-23(14)5)27(25,26)22-21-17(2,3)4/h6-9,21-22H,1-5H3,(H,20,24). The van der Waals surface area contributed by atoms with Crippen LogP contribution in [0.15, 0.2) is 29.3 Å². The van der Waals surface area contributed by atoms with Gasteiger partial charge in [0.25, 0.3) is 15.9 Å². The Labute approximate surface area is 156 Å². The molecule has 2 rings (SSSR count). The van der Waals surface area contributed by atoms with Gasteiger partial charge in [-0.1, -0.05) is 0 Å². The molecule has 1 heterocycles. The molecule has 7 nitrogen and oxygen atoms in total. The molecule has 0 unspecified atom stereocenters. The first-order chi connectivity index (χ1) is 12.3. The summed E-state index contributed by atoms with van der Waals surface area (Å²) < 4.78 is 53.4. The van der Waals surface area contributed by atoms with Crippen LogP contribution in [0.4, 0.5) is 14.5 Å². The Morgan fingerprint density at radius 1 is 1.19 bits per heavy atom. The third-order valence-corrected chi connectivity index (χ3v) is 4.87. The minimum atomic E-state index is -3.91. The predicted octanol–water partition coefficient (Wildman–Crippen LogP) is 2.45. The molecule has 0 bridgehead atoms. The molecule has 1 aromatic heterocycles. The van der Waals surface area contributed by atoms with E-state index in [1.165, 1.54) is 24.7 Å².